The summed E-state index contributed by atoms with van der Waals surface area (Å²) in [5.41, 5.74) is 0. The Balaban J connectivity index is 3.08. The SMILES string of the molecule is CCCCCCCCCCCCCCCCCCCCCC/C=N\CCCCCCCCCCCCCCCCCCCC. The van der Waals surface area contributed by atoms with Gasteiger partial charge in [0.2, 0.25) is 0 Å². The molecule has 0 atom stereocenters. The van der Waals surface area contributed by atoms with Crippen molar-refractivity contribution in [3.8, 4) is 0 Å². The first-order valence-electron chi connectivity index (χ1n) is 21.4. The van der Waals surface area contributed by atoms with Gasteiger partial charge in [-0.2, -0.15) is 0 Å². The van der Waals surface area contributed by atoms with E-state index in [0.717, 1.165) is 6.54 Å². The average molecular weight is 618 g/mol. The molecule has 0 N–H and O–H groups in total. The Morgan fingerprint density at radius 2 is 0.455 bits per heavy atom. The summed E-state index contributed by atoms with van der Waals surface area (Å²) in [6.07, 6.45) is 58.6. The van der Waals surface area contributed by atoms with Crippen LogP contribution in [0, 0.1) is 0 Å². The zero-order chi connectivity index (χ0) is 31.7. The molecule has 0 saturated heterocycles. The molecular formula is C43H87N. The van der Waals surface area contributed by atoms with E-state index in [2.05, 4.69) is 25.1 Å². The third-order valence-corrected chi connectivity index (χ3v) is 9.96. The molecule has 0 bridgehead atoms. The topological polar surface area (TPSA) is 12.4 Å². The summed E-state index contributed by atoms with van der Waals surface area (Å²) in [5, 5.41) is 0. The minimum atomic E-state index is 1.07. The maximum atomic E-state index is 4.68. The third-order valence-electron chi connectivity index (χ3n) is 9.96. The van der Waals surface area contributed by atoms with Crippen LogP contribution >= 0.6 is 0 Å². The Labute approximate surface area is 281 Å². The molecule has 0 spiro atoms. The summed E-state index contributed by atoms with van der Waals surface area (Å²) in [5.74, 6) is 0. The molecule has 0 amide bonds. The highest BCUT2D eigenvalue weighted by atomic mass is 14.7. The van der Waals surface area contributed by atoms with E-state index in [-0.39, 0.29) is 0 Å². The van der Waals surface area contributed by atoms with Gasteiger partial charge in [0.1, 0.15) is 0 Å². The molecule has 0 radical (unpaired) electrons. The largest absolute Gasteiger partial charge is 0.298 e. The van der Waals surface area contributed by atoms with Gasteiger partial charge in [-0.25, -0.2) is 0 Å². The monoisotopic (exact) mass is 618 g/mol. The van der Waals surface area contributed by atoms with Gasteiger partial charge < -0.3 is 0 Å². The van der Waals surface area contributed by atoms with E-state index in [9.17, 15) is 0 Å². The summed E-state index contributed by atoms with van der Waals surface area (Å²) in [7, 11) is 0. The van der Waals surface area contributed by atoms with Crippen LogP contribution in [0.15, 0.2) is 4.99 Å². The Morgan fingerprint density at radius 1 is 0.250 bits per heavy atom. The Kier molecular flexibility index (Phi) is 42.3. The van der Waals surface area contributed by atoms with E-state index in [1.54, 1.807) is 0 Å². The van der Waals surface area contributed by atoms with Crippen molar-refractivity contribution in [2.24, 2.45) is 4.99 Å². The molecule has 0 aliphatic rings. The zero-order valence-electron chi connectivity index (χ0n) is 31.3. The van der Waals surface area contributed by atoms with E-state index in [1.807, 2.05) is 0 Å². The predicted molar refractivity (Wildman–Crippen MR) is 205 cm³/mol. The van der Waals surface area contributed by atoms with Crippen LogP contribution in [0.1, 0.15) is 264 Å². The van der Waals surface area contributed by atoms with Gasteiger partial charge in [-0.1, -0.05) is 245 Å². The summed E-state index contributed by atoms with van der Waals surface area (Å²) >= 11 is 0. The molecule has 264 valence electrons. The van der Waals surface area contributed by atoms with Gasteiger partial charge in [0.25, 0.3) is 0 Å². The minimum Gasteiger partial charge on any atom is -0.298 e. The summed E-state index contributed by atoms with van der Waals surface area (Å²) in [4.78, 5) is 4.68. The molecule has 0 aliphatic heterocycles. The Hall–Kier alpha value is -0.330. The highest BCUT2D eigenvalue weighted by Gasteiger charge is 1.97. The van der Waals surface area contributed by atoms with Crippen LogP contribution in [0.25, 0.3) is 0 Å². The normalized spacial score (nSPS) is 11.8. The second-order valence-electron chi connectivity index (χ2n) is 14.6. The van der Waals surface area contributed by atoms with Crippen molar-refractivity contribution in [1.82, 2.24) is 0 Å². The first-order valence-corrected chi connectivity index (χ1v) is 21.4. The van der Waals surface area contributed by atoms with E-state index >= 15 is 0 Å². The fourth-order valence-electron chi connectivity index (χ4n) is 6.78. The van der Waals surface area contributed by atoms with Crippen LogP contribution in [0.5, 0.6) is 0 Å². The first-order chi connectivity index (χ1) is 21.9. The number of aliphatic imine (C=N–C) groups is 1. The fraction of sp³-hybridized carbons (Fsp3) is 0.977. The lowest BCUT2D eigenvalue weighted by atomic mass is 10.0. The molecule has 0 aromatic heterocycles. The van der Waals surface area contributed by atoms with Crippen molar-refractivity contribution in [2.45, 2.75) is 264 Å². The van der Waals surface area contributed by atoms with Crippen LogP contribution in [0.3, 0.4) is 0 Å². The molecular weight excluding hydrogens is 530 g/mol. The molecule has 0 fully saturated rings. The first kappa shape index (κ1) is 43.7. The van der Waals surface area contributed by atoms with Crippen molar-refractivity contribution in [2.75, 3.05) is 6.54 Å². The molecule has 0 rings (SSSR count). The van der Waals surface area contributed by atoms with Gasteiger partial charge in [-0.3, -0.25) is 4.99 Å². The zero-order valence-corrected chi connectivity index (χ0v) is 31.3. The quantitative estimate of drug-likeness (QED) is 0.0479. The number of unbranched alkanes of at least 4 members (excludes halogenated alkanes) is 37. The predicted octanol–water partition coefficient (Wildman–Crippen LogP) is 16.3. The highest BCUT2D eigenvalue weighted by Crippen LogP contribution is 2.16. The number of hydrogen-bond acceptors (Lipinski definition) is 1. The Morgan fingerprint density at radius 3 is 0.705 bits per heavy atom. The van der Waals surface area contributed by atoms with Crippen LogP contribution in [-0.2, 0) is 0 Å². The van der Waals surface area contributed by atoms with Gasteiger partial charge in [0.15, 0.2) is 0 Å². The standard InChI is InChI=1S/C43H87N/c1-3-5-7-9-11-13-15-17-19-21-23-24-25-27-29-31-33-35-37-39-41-43-44-42-40-38-36-34-32-30-28-26-22-20-18-16-14-12-10-8-6-4-2/h43H,3-42H2,1-2H3/b44-43-. The second kappa shape index (κ2) is 42.7. The lowest BCUT2D eigenvalue weighted by molar-refractivity contribution is 0.522. The van der Waals surface area contributed by atoms with E-state index in [0.29, 0.717) is 0 Å². The number of nitrogens with zero attached hydrogens (tertiary/aromatic N) is 1. The molecule has 0 aromatic carbocycles. The van der Waals surface area contributed by atoms with Crippen molar-refractivity contribution < 1.29 is 0 Å². The fourth-order valence-corrected chi connectivity index (χ4v) is 6.78. The maximum Gasteiger partial charge on any atom is 0.0385 e. The van der Waals surface area contributed by atoms with Gasteiger partial charge in [0, 0.05) is 6.54 Å². The van der Waals surface area contributed by atoms with Gasteiger partial charge in [0.05, 0.1) is 0 Å². The van der Waals surface area contributed by atoms with E-state index in [1.165, 1.54) is 250 Å². The second-order valence-corrected chi connectivity index (χ2v) is 14.6. The van der Waals surface area contributed by atoms with Crippen molar-refractivity contribution in [3.63, 3.8) is 0 Å². The number of hydrogen-bond donors (Lipinski definition) is 0. The lowest BCUT2D eigenvalue weighted by Gasteiger charge is -2.04. The third kappa shape index (κ3) is 41.7. The smallest absolute Gasteiger partial charge is 0.0385 e. The summed E-state index contributed by atoms with van der Waals surface area (Å²) in [6, 6.07) is 0. The molecule has 1 heteroatoms. The molecule has 0 unspecified atom stereocenters. The molecule has 0 saturated carbocycles. The highest BCUT2D eigenvalue weighted by molar-refractivity contribution is 5.56. The molecule has 44 heavy (non-hydrogen) atoms. The van der Waals surface area contributed by atoms with Crippen LogP contribution < -0.4 is 0 Å². The molecule has 1 nitrogen and oxygen atoms in total. The van der Waals surface area contributed by atoms with Gasteiger partial charge >= 0.3 is 0 Å². The van der Waals surface area contributed by atoms with E-state index in [4.69, 9.17) is 0 Å². The minimum absolute atomic E-state index is 1.07. The van der Waals surface area contributed by atoms with Crippen molar-refractivity contribution >= 4 is 6.21 Å². The average Bonchev–Trinajstić information content (AvgIpc) is 3.04. The molecule has 0 aromatic rings. The Bertz CT molecular complexity index is 497. The maximum absolute atomic E-state index is 4.68. The van der Waals surface area contributed by atoms with Crippen LogP contribution in [0.4, 0.5) is 0 Å². The summed E-state index contributed by atoms with van der Waals surface area (Å²) < 4.78 is 0. The van der Waals surface area contributed by atoms with Gasteiger partial charge in [-0.15, -0.1) is 0 Å². The molecule has 0 aliphatic carbocycles. The van der Waals surface area contributed by atoms with Crippen LogP contribution in [-0.4, -0.2) is 12.8 Å². The van der Waals surface area contributed by atoms with Crippen molar-refractivity contribution in [1.29, 1.82) is 0 Å². The van der Waals surface area contributed by atoms with Crippen molar-refractivity contribution in [3.05, 3.63) is 0 Å². The van der Waals surface area contributed by atoms with E-state index < -0.39 is 0 Å². The number of rotatable bonds is 40. The van der Waals surface area contributed by atoms with Gasteiger partial charge in [-0.05, 0) is 25.5 Å². The lowest BCUT2D eigenvalue weighted by Crippen LogP contribution is -1.86. The molecule has 0 heterocycles. The summed E-state index contributed by atoms with van der Waals surface area (Å²) in [6.45, 7) is 5.68. The van der Waals surface area contributed by atoms with Crippen LogP contribution in [0.2, 0.25) is 0 Å².